The first kappa shape index (κ1) is 40.4. The first-order chi connectivity index (χ1) is 28.0. The number of ether oxygens (including phenoxy) is 3. The van der Waals surface area contributed by atoms with Crippen LogP contribution in [0.3, 0.4) is 0 Å². The summed E-state index contributed by atoms with van der Waals surface area (Å²) in [5.41, 5.74) is 2.74. The number of hydrogen-bond acceptors (Lipinski definition) is 7. The average molecular weight is 798 g/mol. The van der Waals surface area contributed by atoms with Gasteiger partial charge in [-0.25, -0.2) is 0 Å². The van der Waals surface area contributed by atoms with E-state index in [4.69, 9.17) is 14.2 Å². The molecule has 0 saturated carbocycles. The molecule has 2 N–H and O–H groups in total. The van der Waals surface area contributed by atoms with Gasteiger partial charge in [-0.2, -0.15) is 0 Å². The number of nitrogens with zero attached hydrogens (tertiary/aromatic N) is 2. The maximum absolute atomic E-state index is 15.4. The molecule has 5 aromatic rings. The third-order valence-electron chi connectivity index (χ3n) is 11.9. The summed E-state index contributed by atoms with van der Waals surface area (Å²) >= 11 is 0. The Balaban J connectivity index is 1.26. The maximum Gasteiger partial charge on any atom is 0.264 e. The average Bonchev–Trinajstić information content (AvgIpc) is 3.66. The van der Waals surface area contributed by atoms with E-state index in [1.54, 1.807) is 36.2 Å². The second-order valence-corrected chi connectivity index (χ2v) is 20.4. The van der Waals surface area contributed by atoms with Gasteiger partial charge in [0.1, 0.15) is 11.5 Å². The summed E-state index contributed by atoms with van der Waals surface area (Å²) in [4.78, 5) is 46.3. The molecule has 2 aliphatic rings. The molecule has 4 atom stereocenters. The fourth-order valence-electron chi connectivity index (χ4n) is 9.02. The first-order valence-corrected chi connectivity index (χ1v) is 22.8. The summed E-state index contributed by atoms with van der Waals surface area (Å²) in [7, 11) is 0.684. The number of benzene rings is 5. The topological polar surface area (TPSA) is 118 Å². The van der Waals surface area contributed by atoms with E-state index in [1.807, 2.05) is 103 Å². The van der Waals surface area contributed by atoms with Gasteiger partial charge in [-0.15, -0.1) is 0 Å². The number of aliphatic hydroxyl groups excluding tert-OH is 1. The second kappa shape index (κ2) is 17.0. The van der Waals surface area contributed by atoms with Gasteiger partial charge in [-0.1, -0.05) is 98.0 Å². The number of amides is 3. The largest absolute Gasteiger partial charge is 0.497 e. The Labute approximate surface area is 341 Å². The van der Waals surface area contributed by atoms with Crippen LogP contribution in [0.1, 0.15) is 40.4 Å². The van der Waals surface area contributed by atoms with Gasteiger partial charge in [-0.05, 0) is 71.3 Å². The zero-order valence-electron chi connectivity index (χ0n) is 33.7. The molecule has 1 spiro atoms. The maximum atomic E-state index is 15.4. The monoisotopic (exact) mass is 797 g/mol. The number of methoxy groups -OCH3 is 2. The third-order valence-corrected chi connectivity index (χ3v) is 16.3. The molecule has 10 nitrogen and oxygen atoms in total. The van der Waals surface area contributed by atoms with Gasteiger partial charge in [0.05, 0.1) is 53.7 Å². The lowest BCUT2D eigenvalue weighted by Gasteiger charge is -2.37. The Morgan fingerprint density at radius 1 is 0.845 bits per heavy atom. The van der Waals surface area contributed by atoms with E-state index >= 15 is 4.79 Å². The van der Waals surface area contributed by atoms with E-state index in [2.05, 4.69) is 37.5 Å². The Morgan fingerprint density at radius 3 is 2.17 bits per heavy atom. The van der Waals surface area contributed by atoms with Crippen LogP contribution in [0, 0.1) is 5.92 Å². The highest BCUT2D eigenvalue weighted by Crippen LogP contribution is 2.60. The quantitative estimate of drug-likeness (QED) is 0.115. The minimum Gasteiger partial charge on any atom is -0.497 e. The molecule has 11 heteroatoms. The molecule has 3 amide bonds. The van der Waals surface area contributed by atoms with Gasteiger partial charge in [0, 0.05) is 35.8 Å². The van der Waals surface area contributed by atoms with Gasteiger partial charge < -0.3 is 34.4 Å². The minimum atomic E-state index is -2.56. The fourth-order valence-corrected chi connectivity index (χ4v) is 13.0. The number of fused-ring (bicyclic) bond motifs is 2. The normalized spacial score (nSPS) is 19.9. The molecule has 1 fully saturated rings. The van der Waals surface area contributed by atoms with E-state index in [1.165, 1.54) is 0 Å². The number of carbonyl (C=O) groups excluding carboxylic acids is 3. The summed E-state index contributed by atoms with van der Waals surface area (Å²) in [6, 6.07) is 40.0. The number of anilines is 2. The first-order valence-electron chi connectivity index (χ1n) is 19.7. The number of nitrogens with one attached hydrogen (secondary N) is 1. The molecule has 0 bridgehead atoms. The van der Waals surface area contributed by atoms with Gasteiger partial charge in [-0.3, -0.25) is 14.4 Å². The minimum absolute atomic E-state index is 0.0336. The van der Waals surface area contributed by atoms with Crippen LogP contribution >= 0.6 is 0 Å². The molecule has 7 rings (SSSR count). The smallest absolute Gasteiger partial charge is 0.264 e. The van der Waals surface area contributed by atoms with Crippen molar-refractivity contribution in [2.24, 2.45) is 5.92 Å². The van der Waals surface area contributed by atoms with Crippen molar-refractivity contribution in [3.8, 4) is 11.5 Å². The highest BCUT2D eigenvalue weighted by Gasteiger charge is 2.66. The highest BCUT2D eigenvalue weighted by atomic mass is 28.3. The van der Waals surface area contributed by atoms with Crippen LogP contribution < -0.4 is 24.9 Å². The molecule has 2 heterocycles. The van der Waals surface area contributed by atoms with Gasteiger partial charge in [0.15, 0.2) is 5.60 Å². The predicted octanol–water partition coefficient (Wildman–Crippen LogP) is 7.13. The fraction of sp³-hybridized carbons (Fsp3) is 0.298. The van der Waals surface area contributed by atoms with E-state index in [0.717, 1.165) is 22.1 Å². The summed E-state index contributed by atoms with van der Waals surface area (Å²) in [5.74, 6) is 0.399. The molecule has 1 saturated heterocycles. The van der Waals surface area contributed by atoms with Crippen LogP contribution in [0.4, 0.5) is 11.4 Å². The summed E-state index contributed by atoms with van der Waals surface area (Å²) < 4.78 is 18.5. The molecule has 0 radical (unpaired) electrons. The van der Waals surface area contributed by atoms with Crippen molar-refractivity contribution < 1.29 is 33.7 Å². The molecule has 5 aromatic carbocycles. The molecule has 0 unspecified atom stereocenters. The van der Waals surface area contributed by atoms with Crippen molar-refractivity contribution >= 4 is 42.4 Å². The Bertz CT molecular complexity index is 2250. The van der Waals surface area contributed by atoms with Gasteiger partial charge in [0.2, 0.25) is 5.91 Å². The SMILES string of the molecule is COc1ccc([Si](C)(C)[C@H]2[C@H](CC(=O)N(CCO)Cc3ccccc3)O[C@@]3(C(=O)N(Cc4cccc(NC(=O)c5ccccc5)c4)c4ccc(OC)cc43)[C@@H]2C)cc1. The molecular weight excluding hydrogens is 747 g/mol. The number of rotatable bonds is 14. The third kappa shape index (κ3) is 7.77. The second-order valence-electron chi connectivity index (χ2n) is 15.7. The number of carbonyl (C=O) groups is 3. The lowest BCUT2D eigenvalue weighted by molar-refractivity contribution is -0.150. The molecule has 2 aliphatic heterocycles. The lowest BCUT2D eigenvalue weighted by atomic mass is 9.82. The van der Waals surface area contributed by atoms with Crippen molar-refractivity contribution in [1.82, 2.24) is 4.90 Å². The Hall–Kier alpha value is -5.75. The number of aliphatic hydroxyl groups is 1. The van der Waals surface area contributed by atoms with Gasteiger partial charge in [0.25, 0.3) is 11.8 Å². The van der Waals surface area contributed by atoms with Crippen LogP contribution in [0.2, 0.25) is 18.6 Å². The summed E-state index contributed by atoms with van der Waals surface area (Å²) in [6.45, 7) is 7.21. The van der Waals surface area contributed by atoms with Crippen molar-refractivity contribution in [3.63, 3.8) is 0 Å². The molecule has 300 valence electrons. The van der Waals surface area contributed by atoms with Crippen LogP contribution in [0.5, 0.6) is 11.5 Å². The summed E-state index contributed by atoms with van der Waals surface area (Å²) in [5, 5.41) is 14.2. The zero-order valence-corrected chi connectivity index (χ0v) is 34.7. The lowest BCUT2D eigenvalue weighted by Crippen LogP contribution is -2.52. The van der Waals surface area contributed by atoms with Crippen molar-refractivity contribution in [3.05, 3.63) is 150 Å². The van der Waals surface area contributed by atoms with Crippen LogP contribution in [-0.2, 0) is 33.0 Å². The molecule has 0 aliphatic carbocycles. The van der Waals surface area contributed by atoms with E-state index in [0.29, 0.717) is 34.8 Å². The summed E-state index contributed by atoms with van der Waals surface area (Å²) in [6.07, 6.45) is -0.589. The number of hydrogen-bond donors (Lipinski definition) is 2. The standard InChI is InChI=1S/C47H51N3O7Si/c1-32-44(58(4,5)39-22-19-37(55-2)20-23-39)42(29-43(52)49(25-26-51)30-33-13-8-6-9-14-33)57-47(32)40-28-38(56-3)21-24-41(40)50(46(47)54)31-34-15-12-18-36(27-34)48-45(53)35-16-10-7-11-17-35/h6-24,27-28,32,42,44,51H,25-26,29-31H2,1-5H3,(H,48,53)/t32-,42+,44-,47+/m1/s1. The van der Waals surface area contributed by atoms with Gasteiger partial charge >= 0.3 is 0 Å². The molecule has 58 heavy (non-hydrogen) atoms. The van der Waals surface area contributed by atoms with Crippen LogP contribution in [0.25, 0.3) is 0 Å². The Morgan fingerprint density at radius 2 is 1.50 bits per heavy atom. The van der Waals surface area contributed by atoms with E-state index < -0.39 is 19.8 Å². The van der Waals surface area contributed by atoms with Crippen molar-refractivity contribution in [2.75, 3.05) is 37.6 Å². The van der Waals surface area contributed by atoms with Crippen LogP contribution in [0.15, 0.2) is 127 Å². The molecular formula is C47H51N3O7Si. The van der Waals surface area contributed by atoms with Crippen molar-refractivity contribution in [1.29, 1.82) is 0 Å². The highest BCUT2D eigenvalue weighted by molar-refractivity contribution is 6.91. The predicted molar refractivity (Wildman–Crippen MR) is 228 cm³/mol. The zero-order chi connectivity index (χ0) is 41.0. The molecule has 0 aromatic heterocycles. The Kier molecular flexibility index (Phi) is 11.9. The van der Waals surface area contributed by atoms with E-state index in [-0.39, 0.29) is 55.3 Å². The van der Waals surface area contributed by atoms with E-state index in [9.17, 15) is 14.7 Å². The van der Waals surface area contributed by atoms with Crippen LogP contribution in [-0.4, -0.2) is 69.3 Å². The van der Waals surface area contributed by atoms with Crippen molar-refractivity contribution in [2.45, 2.75) is 56.8 Å².